The zero-order chi connectivity index (χ0) is 14.5. The third-order valence-corrected chi connectivity index (χ3v) is 2.42. The molecule has 0 saturated heterocycles. The molecule has 0 aromatic heterocycles. The Balaban J connectivity index is 2.42. The van der Waals surface area contributed by atoms with Gasteiger partial charge in [0.05, 0.1) is 5.41 Å². The van der Waals surface area contributed by atoms with E-state index in [0.29, 0.717) is 5.56 Å². The molecule has 1 rings (SSSR count). The average molecular weight is 265 g/mol. The Hall–Kier alpha value is -1.88. The van der Waals surface area contributed by atoms with E-state index in [2.05, 4.69) is 0 Å². The first-order chi connectivity index (χ1) is 8.82. The van der Waals surface area contributed by atoms with Crippen LogP contribution in [-0.4, -0.2) is 18.7 Å². The smallest absolute Gasteiger partial charge is 0.330 e. The first-order valence-electron chi connectivity index (χ1n) is 5.97. The molecule has 0 amide bonds. The van der Waals surface area contributed by atoms with Crippen LogP contribution in [0, 0.1) is 5.41 Å². The number of rotatable bonds is 4. The van der Waals surface area contributed by atoms with Gasteiger partial charge in [-0.25, -0.2) is 4.79 Å². The molecule has 1 aromatic carbocycles. The van der Waals surface area contributed by atoms with Crippen molar-refractivity contribution in [3.63, 3.8) is 0 Å². The predicted octanol–water partition coefficient (Wildman–Crippen LogP) is 1.78. The van der Waals surface area contributed by atoms with Crippen LogP contribution in [0.5, 0.6) is 0 Å². The predicted molar refractivity (Wildman–Crippen MR) is 69.9 cm³/mol. The van der Waals surface area contributed by atoms with Crippen LogP contribution in [0.4, 0.5) is 0 Å². The number of hydrogen-bond donors (Lipinski definition) is 1. The van der Waals surface area contributed by atoms with E-state index in [4.69, 9.17) is 15.2 Å². The van der Waals surface area contributed by atoms with Gasteiger partial charge < -0.3 is 15.2 Å². The van der Waals surface area contributed by atoms with Crippen molar-refractivity contribution in [2.75, 3.05) is 6.79 Å². The molecule has 5 nitrogen and oxygen atoms in total. The number of carbonyl (C=O) groups is 2. The summed E-state index contributed by atoms with van der Waals surface area (Å²) in [6, 6.07) is 7.96. The van der Waals surface area contributed by atoms with Gasteiger partial charge in [-0.3, -0.25) is 4.79 Å². The van der Waals surface area contributed by atoms with Crippen molar-refractivity contribution in [3.05, 3.63) is 35.9 Å². The molecule has 1 aromatic rings. The summed E-state index contributed by atoms with van der Waals surface area (Å²) < 4.78 is 9.64. The number of benzene rings is 1. The molecule has 5 heteroatoms. The summed E-state index contributed by atoms with van der Waals surface area (Å²) in [6.07, 6.45) is 0. The maximum absolute atomic E-state index is 11.6. The monoisotopic (exact) mass is 265 g/mol. The number of carbonyl (C=O) groups excluding carboxylic acids is 2. The Morgan fingerprint density at radius 1 is 1.16 bits per heavy atom. The molecule has 19 heavy (non-hydrogen) atoms. The van der Waals surface area contributed by atoms with Crippen LogP contribution in [0.2, 0.25) is 0 Å². The third-order valence-electron chi connectivity index (χ3n) is 2.42. The van der Waals surface area contributed by atoms with E-state index in [1.165, 1.54) is 0 Å². The molecule has 0 radical (unpaired) electrons. The lowest BCUT2D eigenvalue weighted by atomic mass is 9.98. The highest BCUT2D eigenvalue weighted by Crippen LogP contribution is 2.15. The van der Waals surface area contributed by atoms with E-state index in [9.17, 15) is 9.59 Å². The highest BCUT2D eigenvalue weighted by Gasteiger charge is 2.24. The van der Waals surface area contributed by atoms with E-state index < -0.39 is 30.2 Å². The number of hydrogen-bond acceptors (Lipinski definition) is 5. The first kappa shape index (κ1) is 15.2. The Morgan fingerprint density at radius 3 is 2.26 bits per heavy atom. The van der Waals surface area contributed by atoms with Crippen molar-refractivity contribution in [1.29, 1.82) is 0 Å². The Labute approximate surface area is 112 Å². The van der Waals surface area contributed by atoms with E-state index >= 15 is 0 Å². The lowest BCUT2D eigenvalue weighted by molar-refractivity contribution is -0.173. The molecule has 2 N–H and O–H groups in total. The fourth-order valence-corrected chi connectivity index (χ4v) is 1.24. The van der Waals surface area contributed by atoms with Crippen molar-refractivity contribution < 1.29 is 19.1 Å². The summed E-state index contributed by atoms with van der Waals surface area (Å²) in [5.41, 5.74) is 5.74. The molecule has 0 aliphatic heterocycles. The van der Waals surface area contributed by atoms with Crippen LogP contribution < -0.4 is 5.73 Å². The lowest BCUT2D eigenvalue weighted by Gasteiger charge is -2.17. The molecular formula is C14H19NO4. The maximum atomic E-state index is 11.6. The number of esters is 2. The van der Waals surface area contributed by atoms with Crippen LogP contribution >= 0.6 is 0 Å². The minimum Gasteiger partial charge on any atom is -0.427 e. The lowest BCUT2D eigenvalue weighted by Crippen LogP contribution is -2.28. The SMILES string of the molecule is CC(C)(C)C(=O)OCOC(=O)C(N)c1ccccc1. The highest BCUT2D eigenvalue weighted by atomic mass is 16.7. The van der Waals surface area contributed by atoms with Gasteiger partial charge in [0.1, 0.15) is 6.04 Å². The van der Waals surface area contributed by atoms with Gasteiger partial charge in [-0.2, -0.15) is 0 Å². The third kappa shape index (κ3) is 4.71. The number of nitrogens with two attached hydrogens (primary N) is 1. The summed E-state index contributed by atoms with van der Waals surface area (Å²) >= 11 is 0. The molecule has 0 spiro atoms. The van der Waals surface area contributed by atoms with Crippen molar-refractivity contribution in [3.8, 4) is 0 Å². The minimum absolute atomic E-state index is 0.421. The van der Waals surface area contributed by atoms with E-state index in [-0.39, 0.29) is 0 Å². The fraction of sp³-hybridized carbons (Fsp3) is 0.429. The zero-order valence-electron chi connectivity index (χ0n) is 11.4. The summed E-state index contributed by atoms with van der Waals surface area (Å²) in [7, 11) is 0. The second-order valence-corrected chi connectivity index (χ2v) is 5.15. The van der Waals surface area contributed by atoms with Crippen LogP contribution in [0.15, 0.2) is 30.3 Å². The Bertz CT molecular complexity index is 437. The first-order valence-corrected chi connectivity index (χ1v) is 5.97. The van der Waals surface area contributed by atoms with Gasteiger partial charge in [0.2, 0.25) is 6.79 Å². The summed E-state index contributed by atoms with van der Waals surface area (Å²) in [6.45, 7) is 4.72. The highest BCUT2D eigenvalue weighted by molar-refractivity contribution is 5.78. The van der Waals surface area contributed by atoms with Crippen molar-refractivity contribution in [2.45, 2.75) is 26.8 Å². The van der Waals surface area contributed by atoms with Gasteiger partial charge in [-0.15, -0.1) is 0 Å². The summed E-state index contributed by atoms with van der Waals surface area (Å²) in [4.78, 5) is 23.1. The van der Waals surface area contributed by atoms with Crippen molar-refractivity contribution in [2.24, 2.45) is 11.1 Å². The van der Waals surface area contributed by atoms with Gasteiger partial charge in [0, 0.05) is 0 Å². The normalized spacial score (nSPS) is 12.6. The average Bonchev–Trinajstić information content (AvgIpc) is 2.37. The van der Waals surface area contributed by atoms with Crippen LogP contribution in [0.25, 0.3) is 0 Å². The standard InChI is InChI=1S/C14H19NO4/c1-14(2,3)13(17)19-9-18-12(16)11(15)10-7-5-4-6-8-10/h4-8,11H,9,15H2,1-3H3. The van der Waals surface area contributed by atoms with E-state index in [1.54, 1.807) is 45.0 Å². The molecule has 0 heterocycles. The van der Waals surface area contributed by atoms with Gasteiger partial charge in [-0.05, 0) is 26.3 Å². The molecule has 0 saturated carbocycles. The van der Waals surface area contributed by atoms with Crippen LogP contribution in [0.3, 0.4) is 0 Å². The van der Waals surface area contributed by atoms with E-state index in [0.717, 1.165) is 0 Å². The molecule has 0 fully saturated rings. The second kappa shape index (κ2) is 6.33. The summed E-state index contributed by atoms with van der Waals surface area (Å²) in [5.74, 6) is -1.07. The van der Waals surface area contributed by atoms with Crippen LogP contribution in [-0.2, 0) is 19.1 Å². The van der Waals surface area contributed by atoms with Crippen molar-refractivity contribution >= 4 is 11.9 Å². The molecule has 0 bridgehead atoms. The number of ether oxygens (including phenoxy) is 2. The minimum atomic E-state index is -0.880. The van der Waals surface area contributed by atoms with Crippen LogP contribution in [0.1, 0.15) is 32.4 Å². The van der Waals surface area contributed by atoms with E-state index in [1.807, 2.05) is 6.07 Å². The fourth-order valence-electron chi connectivity index (χ4n) is 1.24. The second-order valence-electron chi connectivity index (χ2n) is 5.15. The Kier molecular flexibility index (Phi) is 5.06. The van der Waals surface area contributed by atoms with Crippen molar-refractivity contribution in [1.82, 2.24) is 0 Å². The maximum Gasteiger partial charge on any atom is 0.330 e. The Morgan fingerprint density at radius 2 is 1.74 bits per heavy atom. The molecule has 1 unspecified atom stereocenters. The summed E-state index contributed by atoms with van der Waals surface area (Å²) in [5, 5.41) is 0. The molecule has 104 valence electrons. The molecular weight excluding hydrogens is 246 g/mol. The largest absolute Gasteiger partial charge is 0.427 e. The molecule has 0 aliphatic carbocycles. The molecule has 1 atom stereocenters. The van der Waals surface area contributed by atoms with Gasteiger partial charge >= 0.3 is 11.9 Å². The topological polar surface area (TPSA) is 78.6 Å². The molecule has 0 aliphatic rings. The zero-order valence-corrected chi connectivity index (χ0v) is 11.4. The van der Waals surface area contributed by atoms with Gasteiger partial charge in [-0.1, -0.05) is 30.3 Å². The quantitative estimate of drug-likeness (QED) is 0.663. The van der Waals surface area contributed by atoms with Gasteiger partial charge in [0.15, 0.2) is 0 Å². The van der Waals surface area contributed by atoms with Gasteiger partial charge in [0.25, 0.3) is 0 Å².